The van der Waals surface area contributed by atoms with Gasteiger partial charge in [-0.2, -0.15) is 0 Å². The van der Waals surface area contributed by atoms with Crippen molar-refractivity contribution < 1.29 is 4.79 Å². The molecule has 0 N–H and O–H groups in total. The predicted octanol–water partition coefficient (Wildman–Crippen LogP) is 7.99. The van der Waals surface area contributed by atoms with Crippen LogP contribution in [0.2, 0.25) is 0 Å². The first kappa shape index (κ1) is 26.4. The summed E-state index contributed by atoms with van der Waals surface area (Å²) in [6.45, 7) is 8.00. The van der Waals surface area contributed by atoms with E-state index in [9.17, 15) is 4.79 Å². The van der Waals surface area contributed by atoms with Gasteiger partial charge >= 0.3 is 0 Å². The number of carbonyl (C=O) groups excluding carboxylic acids is 1. The number of hydrogen-bond donors (Lipinski definition) is 0. The minimum atomic E-state index is -0.0296. The van der Waals surface area contributed by atoms with Crippen molar-refractivity contribution in [1.29, 1.82) is 0 Å². The summed E-state index contributed by atoms with van der Waals surface area (Å²) < 4.78 is 0. The number of amides is 1. The van der Waals surface area contributed by atoms with Crippen LogP contribution in [0, 0.1) is 0 Å². The molecule has 3 atom stereocenters. The second kappa shape index (κ2) is 13.0. The summed E-state index contributed by atoms with van der Waals surface area (Å²) in [6, 6.07) is 41.9. The predicted molar refractivity (Wildman–Crippen MR) is 153 cm³/mol. The van der Waals surface area contributed by atoms with Crippen LogP contribution in [0.3, 0.4) is 0 Å². The van der Waals surface area contributed by atoms with E-state index in [2.05, 4.69) is 109 Å². The molecule has 0 aromatic heterocycles. The zero-order valence-electron chi connectivity index (χ0n) is 22.2. The average Bonchev–Trinajstić information content (AvgIpc) is 2.96. The zero-order chi connectivity index (χ0) is 26.0. The molecule has 4 aromatic carbocycles. The molecule has 1 amide bonds. The Hall–Kier alpha value is -3.69. The lowest BCUT2D eigenvalue weighted by Gasteiger charge is -2.37. The standard InChI is InChI=1S/C34H38N2O/c1-27(31-18-10-5-11-19-31)35(26-30-16-8-4-9-17-30)25-24-34(37)36(28(2)32-20-12-6-13-21-32)29(3)33-22-14-7-15-23-33/h4-23,27-29H,24-26H2,1-3H3/t27-,28+,29+/m0/s1. The second-order valence-electron chi connectivity index (χ2n) is 9.77. The van der Waals surface area contributed by atoms with Gasteiger partial charge in [-0.1, -0.05) is 121 Å². The molecule has 0 aliphatic heterocycles. The van der Waals surface area contributed by atoms with Crippen LogP contribution in [-0.2, 0) is 11.3 Å². The van der Waals surface area contributed by atoms with Crippen LogP contribution in [0.4, 0.5) is 0 Å². The minimum Gasteiger partial charge on any atom is -0.329 e. The highest BCUT2D eigenvalue weighted by molar-refractivity contribution is 5.77. The normalized spacial score (nSPS) is 13.6. The highest BCUT2D eigenvalue weighted by Gasteiger charge is 2.28. The lowest BCUT2D eigenvalue weighted by molar-refractivity contribution is -0.136. The van der Waals surface area contributed by atoms with E-state index in [0.717, 1.165) is 17.7 Å². The van der Waals surface area contributed by atoms with Crippen molar-refractivity contribution in [1.82, 2.24) is 9.80 Å². The molecule has 0 heterocycles. The van der Waals surface area contributed by atoms with Gasteiger partial charge in [0.25, 0.3) is 0 Å². The molecular formula is C34H38N2O. The molecule has 0 saturated carbocycles. The molecule has 4 aromatic rings. The molecule has 0 spiro atoms. The molecule has 37 heavy (non-hydrogen) atoms. The number of hydrogen-bond acceptors (Lipinski definition) is 2. The van der Waals surface area contributed by atoms with E-state index in [-0.39, 0.29) is 24.0 Å². The van der Waals surface area contributed by atoms with Gasteiger partial charge in [0.15, 0.2) is 0 Å². The Morgan fingerprint density at radius 3 is 1.38 bits per heavy atom. The van der Waals surface area contributed by atoms with Crippen LogP contribution in [0.5, 0.6) is 0 Å². The van der Waals surface area contributed by atoms with Crippen molar-refractivity contribution in [2.24, 2.45) is 0 Å². The highest BCUT2D eigenvalue weighted by Crippen LogP contribution is 2.32. The SMILES string of the molecule is C[C@H](c1ccccc1)N(C(=O)CCN(Cc1ccccc1)[C@@H](C)c1ccccc1)[C@H](C)c1ccccc1. The lowest BCUT2D eigenvalue weighted by atomic mass is 10.00. The maximum Gasteiger partial charge on any atom is 0.224 e. The molecule has 0 bridgehead atoms. The first-order valence-electron chi connectivity index (χ1n) is 13.3. The van der Waals surface area contributed by atoms with E-state index in [4.69, 9.17) is 0 Å². The average molecular weight is 491 g/mol. The van der Waals surface area contributed by atoms with E-state index in [1.807, 2.05) is 42.5 Å². The zero-order valence-corrected chi connectivity index (χ0v) is 22.2. The molecule has 0 fully saturated rings. The monoisotopic (exact) mass is 490 g/mol. The summed E-state index contributed by atoms with van der Waals surface area (Å²) >= 11 is 0. The first-order valence-corrected chi connectivity index (χ1v) is 13.3. The number of carbonyl (C=O) groups is 1. The Labute approximate surface area is 222 Å². The van der Waals surface area contributed by atoms with Gasteiger partial charge in [0, 0.05) is 25.6 Å². The van der Waals surface area contributed by atoms with Crippen molar-refractivity contribution >= 4 is 5.91 Å². The molecule has 190 valence electrons. The molecular weight excluding hydrogens is 452 g/mol. The van der Waals surface area contributed by atoms with Gasteiger partial charge in [0.2, 0.25) is 5.91 Å². The third-order valence-corrected chi connectivity index (χ3v) is 7.36. The molecule has 0 radical (unpaired) electrons. The quantitative estimate of drug-likeness (QED) is 0.213. The first-order chi connectivity index (χ1) is 18.0. The van der Waals surface area contributed by atoms with Crippen molar-refractivity contribution in [3.8, 4) is 0 Å². The van der Waals surface area contributed by atoms with Gasteiger partial charge in [-0.15, -0.1) is 0 Å². The summed E-state index contributed by atoms with van der Waals surface area (Å²) in [4.78, 5) is 18.5. The van der Waals surface area contributed by atoms with Gasteiger partial charge in [0.05, 0.1) is 12.1 Å². The van der Waals surface area contributed by atoms with Gasteiger partial charge in [-0.25, -0.2) is 0 Å². The van der Waals surface area contributed by atoms with E-state index in [1.54, 1.807) is 0 Å². The van der Waals surface area contributed by atoms with E-state index < -0.39 is 0 Å². The fourth-order valence-corrected chi connectivity index (χ4v) is 5.09. The van der Waals surface area contributed by atoms with Crippen molar-refractivity contribution in [3.63, 3.8) is 0 Å². The smallest absolute Gasteiger partial charge is 0.224 e. The summed E-state index contributed by atoms with van der Waals surface area (Å²) in [5.74, 6) is 0.172. The van der Waals surface area contributed by atoms with Gasteiger partial charge in [0.1, 0.15) is 0 Å². The Bertz CT molecular complexity index is 1170. The van der Waals surface area contributed by atoms with E-state index in [1.165, 1.54) is 11.1 Å². The van der Waals surface area contributed by atoms with Gasteiger partial charge < -0.3 is 4.90 Å². The Morgan fingerprint density at radius 1 is 0.568 bits per heavy atom. The lowest BCUT2D eigenvalue weighted by Crippen LogP contribution is -2.38. The minimum absolute atomic E-state index is 0.0296. The fourth-order valence-electron chi connectivity index (χ4n) is 5.09. The Kier molecular flexibility index (Phi) is 9.29. The Balaban J connectivity index is 1.57. The number of nitrogens with zero attached hydrogens (tertiary/aromatic N) is 2. The summed E-state index contributed by atoms with van der Waals surface area (Å²) in [5.41, 5.74) is 4.82. The number of rotatable bonds is 11. The topological polar surface area (TPSA) is 23.6 Å². The summed E-state index contributed by atoms with van der Waals surface area (Å²) in [5, 5.41) is 0. The van der Waals surface area contributed by atoms with Crippen LogP contribution >= 0.6 is 0 Å². The molecule has 0 unspecified atom stereocenters. The van der Waals surface area contributed by atoms with Crippen LogP contribution in [-0.4, -0.2) is 22.3 Å². The molecule has 3 heteroatoms. The van der Waals surface area contributed by atoms with E-state index >= 15 is 0 Å². The Morgan fingerprint density at radius 2 is 0.946 bits per heavy atom. The molecule has 4 rings (SSSR count). The molecule has 0 aliphatic rings. The van der Waals surface area contributed by atoms with Crippen LogP contribution < -0.4 is 0 Å². The second-order valence-corrected chi connectivity index (χ2v) is 9.77. The largest absolute Gasteiger partial charge is 0.329 e. The molecule has 0 aliphatic carbocycles. The molecule has 0 saturated heterocycles. The number of benzene rings is 4. The van der Waals surface area contributed by atoms with Crippen LogP contribution in [0.15, 0.2) is 121 Å². The third-order valence-electron chi connectivity index (χ3n) is 7.36. The highest BCUT2D eigenvalue weighted by atomic mass is 16.2. The van der Waals surface area contributed by atoms with E-state index in [0.29, 0.717) is 13.0 Å². The third kappa shape index (κ3) is 6.96. The van der Waals surface area contributed by atoms with Crippen molar-refractivity contribution in [2.75, 3.05) is 6.54 Å². The summed E-state index contributed by atoms with van der Waals surface area (Å²) in [7, 11) is 0. The van der Waals surface area contributed by atoms with Gasteiger partial charge in [-0.3, -0.25) is 9.69 Å². The van der Waals surface area contributed by atoms with Crippen molar-refractivity contribution in [2.45, 2.75) is 51.9 Å². The molecule has 3 nitrogen and oxygen atoms in total. The fraction of sp³-hybridized carbons (Fsp3) is 0.265. The van der Waals surface area contributed by atoms with Crippen LogP contribution in [0.1, 0.15) is 67.6 Å². The van der Waals surface area contributed by atoms with Crippen LogP contribution in [0.25, 0.3) is 0 Å². The summed E-state index contributed by atoms with van der Waals surface area (Å²) in [6.07, 6.45) is 0.457. The van der Waals surface area contributed by atoms with Gasteiger partial charge in [-0.05, 0) is 43.0 Å². The maximum atomic E-state index is 14.0. The van der Waals surface area contributed by atoms with Crippen molar-refractivity contribution in [3.05, 3.63) is 144 Å². The maximum absolute atomic E-state index is 14.0.